The minimum Gasteiger partial charge on any atom is -0.350 e. The smallest absolute Gasteiger partial charge is 0.253 e. The standard InChI is InChI=1S/C15H22N2O2/c1-5-11(4)16-15(19)12-8-6-7-9-13(12)17-14(18)10(2)3/h6-11H,5H2,1-4H3,(H,16,19)(H,17,18)/t11-/m0/s1. The molecule has 4 nitrogen and oxygen atoms in total. The molecule has 2 N–H and O–H groups in total. The average molecular weight is 262 g/mol. The van der Waals surface area contributed by atoms with Crippen LogP contribution in [-0.2, 0) is 4.79 Å². The van der Waals surface area contributed by atoms with Crippen molar-refractivity contribution < 1.29 is 9.59 Å². The van der Waals surface area contributed by atoms with Crippen LogP contribution in [0.5, 0.6) is 0 Å². The van der Waals surface area contributed by atoms with E-state index in [1.807, 2.05) is 27.7 Å². The van der Waals surface area contributed by atoms with Gasteiger partial charge < -0.3 is 10.6 Å². The van der Waals surface area contributed by atoms with Crippen molar-refractivity contribution in [1.29, 1.82) is 0 Å². The van der Waals surface area contributed by atoms with Crippen molar-refractivity contribution in [3.05, 3.63) is 29.8 Å². The summed E-state index contributed by atoms with van der Waals surface area (Å²) in [7, 11) is 0. The third kappa shape index (κ3) is 4.39. The molecule has 0 radical (unpaired) electrons. The molecule has 0 bridgehead atoms. The molecular formula is C15H22N2O2. The highest BCUT2D eigenvalue weighted by Crippen LogP contribution is 2.16. The van der Waals surface area contributed by atoms with Gasteiger partial charge in [-0.3, -0.25) is 9.59 Å². The van der Waals surface area contributed by atoms with Crippen molar-refractivity contribution in [2.75, 3.05) is 5.32 Å². The fourth-order valence-electron chi connectivity index (χ4n) is 1.47. The van der Waals surface area contributed by atoms with E-state index in [2.05, 4.69) is 10.6 Å². The van der Waals surface area contributed by atoms with Crippen molar-refractivity contribution >= 4 is 17.5 Å². The lowest BCUT2D eigenvalue weighted by Gasteiger charge is -2.15. The molecule has 0 saturated carbocycles. The molecule has 0 aromatic heterocycles. The normalized spacial score (nSPS) is 12.1. The lowest BCUT2D eigenvalue weighted by atomic mass is 10.1. The molecule has 1 aromatic rings. The van der Waals surface area contributed by atoms with E-state index < -0.39 is 0 Å². The highest BCUT2D eigenvalue weighted by molar-refractivity contribution is 6.04. The Morgan fingerprint density at radius 1 is 1.16 bits per heavy atom. The quantitative estimate of drug-likeness (QED) is 0.857. The summed E-state index contributed by atoms with van der Waals surface area (Å²) in [6.45, 7) is 7.60. The van der Waals surface area contributed by atoms with E-state index in [0.717, 1.165) is 6.42 Å². The fraction of sp³-hybridized carbons (Fsp3) is 0.467. The van der Waals surface area contributed by atoms with E-state index in [1.54, 1.807) is 24.3 Å². The SMILES string of the molecule is CC[C@H](C)NC(=O)c1ccccc1NC(=O)C(C)C. The number of rotatable bonds is 5. The van der Waals surface area contributed by atoms with E-state index in [-0.39, 0.29) is 23.8 Å². The van der Waals surface area contributed by atoms with Gasteiger partial charge in [0.05, 0.1) is 11.3 Å². The van der Waals surface area contributed by atoms with Crippen molar-refractivity contribution in [1.82, 2.24) is 5.32 Å². The average Bonchev–Trinajstić information content (AvgIpc) is 2.38. The van der Waals surface area contributed by atoms with Crippen LogP contribution in [0.2, 0.25) is 0 Å². The molecule has 104 valence electrons. The zero-order chi connectivity index (χ0) is 14.4. The van der Waals surface area contributed by atoms with Crippen molar-refractivity contribution in [3.63, 3.8) is 0 Å². The highest BCUT2D eigenvalue weighted by Gasteiger charge is 2.15. The molecule has 0 heterocycles. The van der Waals surface area contributed by atoms with Gasteiger partial charge in [-0.15, -0.1) is 0 Å². The maximum atomic E-state index is 12.1. The molecule has 1 atom stereocenters. The van der Waals surface area contributed by atoms with Crippen LogP contribution in [-0.4, -0.2) is 17.9 Å². The Labute approximate surface area is 114 Å². The number of nitrogens with one attached hydrogen (secondary N) is 2. The molecule has 4 heteroatoms. The van der Waals surface area contributed by atoms with Crippen LogP contribution in [0.15, 0.2) is 24.3 Å². The van der Waals surface area contributed by atoms with Crippen LogP contribution in [0.25, 0.3) is 0 Å². The number of hydrogen-bond donors (Lipinski definition) is 2. The summed E-state index contributed by atoms with van der Waals surface area (Å²) in [5, 5.41) is 5.68. The number of carbonyl (C=O) groups is 2. The second kappa shape index (κ2) is 6.92. The summed E-state index contributed by atoms with van der Waals surface area (Å²) >= 11 is 0. The molecule has 0 aliphatic carbocycles. The van der Waals surface area contributed by atoms with E-state index in [9.17, 15) is 9.59 Å². The number of amides is 2. The van der Waals surface area contributed by atoms with Gasteiger partial charge in [-0.05, 0) is 25.5 Å². The minimum atomic E-state index is -0.158. The van der Waals surface area contributed by atoms with Gasteiger partial charge in [0.25, 0.3) is 5.91 Å². The Hall–Kier alpha value is -1.84. The third-order valence-corrected chi connectivity index (χ3v) is 2.94. The Bertz CT molecular complexity index is 455. The zero-order valence-corrected chi connectivity index (χ0v) is 12.0. The van der Waals surface area contributed by atoms with Gasteiger partial charge in [0, 0.05) is 12.0 Å². The number of benzene rings is 1. The lowest BCUT2D eigenvalue weighted by Crippen LogP contribution is -2.32. The molecule has 0 unspecified atom stereocenters. The van der Waals surface area contributed by atoms with Crippen LogP contribution in [0.3, 0.4) is 0 Å². The van der Waals surface area contributed by atoms with Crippen molar-refractivity contribution in [2.24, 2.45) is 5.92 Å². The molecule has 0 aliphatic heterocycles. The van der Waals surface area contributed by atoms with E-state index >= 15 is 0 Å². The Balaban J connectivity index is 2.89. The molecule has 19 heavy (non-hydrogen) atoms. The second-order valence-electron chi connectivity index (χ2n) is 4.97. The summed E-state index contributed by atoms with van der Waals surface area (Å²) in [6, 6.07) is 7.16. The number of carbonyl (C=O) groups excluding carboxylic acids is 2. The molecule has 1 aromatic carbocycles. The molecule has 0 aliphatic rings. The first-order valence-electron chi connectivity index (χ1n) is 6.66. The van der Waals surface area contributed by atoms with Crippen LogP contribution in [0, 0.1) is 5.92 Å². The summed E-state index contributed by atoms with van der Waals surface area (Å²) in [6.07, 6.45) is 0.867. The predicted molar refractivity (Wildman–Crippen MR) is 77.1 cm³/mol. The van der Waals surface area contributed by atoms with Gasteiger partial charge in [-0.2, -0.15) is 0 Å². The Kier molecular flexibility index (Phi) is 5.55. The lowest BCUT2D eigenvalue weighted by molar-refractivity contribution is -0.118. The molecular weight excluding hydrogens is 240 g/mol. The van der Waals surface area contributed by atoms with Gasteiger partial charge in [0.2, 0.25) is 5.91 Å². The second-order valence-corrected chi connectivity index (χ2v) is 4.97. The van der Waals surface area contributed by atoms with Crippen molar-refractivity contribution in [2.45, 2.75) is 40.2 Å². The van der Waals surface area contributed by atoms with Gasteiger partial charge in [0.15, 0.2) is 0 Å². The first-order chi connectivity index (χ1) is 8.95. The van der Waals surface area contributed by atoms with Crippen LogP contribution in [0.4, 0.5) is 5.69 Å². The first-order valence-corrected chi connectivity index (χ1v) is 6.66. The van der Waals surface area contributed by atoms with Crippen molar-refractivity contribution in [3.8, 4) is 0 Å². The van der Waals surface area contributed by atoms with Crippen LogP contribution < -0.4 is 10.6 Å². The van der Waals surface area contributed by atoms with Crippen LogP contribution >= 0.6 is 0 Å². The summed E-state index contributed by atoms with van der Waals surface area (Å²) < 4.78 is 0. The largest absolute Gasteiger partial charge is 0.350 e. The van der Waals surface area contributed by atoms with E-state index in [0.29, 0.717) is 11.3 Å². The summed E-state index contributed by atoms with van der Waals surface area (Å²) in [5.74, 6) is -0.372. The monoisotopic (exact) mass is 262 g/mol. The van der Waals surface area contributed by atoms with Gasteiger partial charge in [0.1, 0.15) is 0 Å². The molecule has 1 rings (SSSR count). The molecule has 0 fully saturated rings. The fourth-order valence-corrected chi connectivity index (χ4v) is 1.47. The Morgan fingerprint density at radius 3 is 2.37 bits per heavy atom. The predicted octanol–water partition coefficient (Wildman–Crippen LogP) is 2.81. The number of hydrogen-bond acceptors (Lipinski definition) is 2. The molecule has 0 saturated heterocycles. The minimum absolute atomic E-state index is 0.0937. The first kappa shape index (κ1) is 15.2. The Morgan fingerprint density at radius 2 is 1.79 bits per heavy atom. The molecule has 0 spiro atoms. The van der Waals surface area contributed by atoms with E-state index in [4.69, 9.17) is 0 Å². The number of para-hydroxylation sites is 1. The van der Waals surface area contributed by atoms with E-state index in [1.165, 1.54) is 0 Å². The number of anilines is 1. The summed E-state index contributed by atoms with van der Waals surface area (Å²) in [5.41, 5.74) is 1.05. The van der Waals surface area contributed by atoms with Crippen LogP contribution in [0.1, 0.15) is 44.5 Å². The van der Waals surface area contributed by atoms with Gasteiger partial charge >= 0.3 is 0 Å². The highest BCUT2D eigenvalue weighted by atomic mass is 16.2. The third-order valence-electron chi connectivity index (χ3n) is 2.94. The zero-order valence-electron chi connectivity index (χ0n) is 12.0. The maximum absolute atomic E-state index is 12.1. The topological polar surface area (TPSA) is 58.2 Å². The maximum Gasteiger partial charge on any atom is 0.253 e. The van der Waals surface area contributed by atoms with Gasteiger partial charge in [-0.1, -0.05) is 32.9 Å². The molecule has 2 amide bonds. The summed E-state index contributed by atoms with van der Waals surface area (Å²) in [4.78, 5) is 23.8. The van der Waals surface area contributed by atoms with Gasteiger partial charge in [-0.25, -0.2) is 0 Å².